The maximum absolute atomic E-state index is 15.6. The van der Waals surface area contributed by atoms with Crippen molar-refractivity contribution in [2.45, 2.75) is 51.6 Å². The minimum atomic E-state index is -0.123. The Morgan fingerprint density at radius 2 is 1.05 bits per heavy atom. The molecule has 0 spiro atoms. The Morgan fingerprint density at radius 1 is 0.622 bits per heavy atom. The van der Waals surface area contributed by atoms with Crippen molar-refractivity contribution in [3.05, 3.63) is 94.8 Å². The molecule has 2 aliphatic heterocycles. The van der Waals surface area contributed by atoms with Gasteiger partial charge in [-0.1, -0.05) is 42.5 Å². The van der Waals surface area contributed by atoms with Crippen molar-refractivity contribution in [2.24, 2.45) is 9.98 Å². The zero-order valence-corrected chi connectivity index (χ0v) is 22.1. The average Bonchev–Trinajstić information content (AvgIpc) is 2.96. The van der Waals surface area contributed by atoms with E-state index in [0.717, 1.165) is 37.3 Å². The van der Waals surface area contributed by atoms with Crippen molar-refractivity contribution in [1.29, 1.82) is 0 Å². The number of anilines is 2. The first-order valence-electron chi connectivity index (χ1n) is 13.5. The lowest BCUT2D eigenvalue weighted by Crippen LogP contribution is -2.20. The molecule has 0 aliphatic carbocycles. The molecule has 0 fully saturated rings. The summed E-state index contributed by atoms with van der Waals surface area (Å²) in [4.78, 5) is 13.6. The highest BCUT2D eigenvalue weighted by atomic mass is 19.1. The Balaban J connectivity index is 1.24. The molecule has 0 radical (unpaired) electrons. The SMILES string of the molecule is CN(Cc1cccc(CN(C)c2ccc(C3=NCCCC3)cc2)c1F)c1ccc(C2=NCCCC2)cc1. The van der Waals surface area contributed by atoms with E-state index in [1.165, 1.54) is 48.2 Å². The van der Waals surface area contributed by atoms with Gasteiger partial charge in [0.1, 0.15) is 5.82 Å². The van der Waals surface area contributed by atoms with Gasteiger partial charge in [-0.3, -0.25) is 9.98 Å². The summed E-state index contributed by atoms with van der Waals surface area (Å²) in [6, 6.07) is 22.8. The van der Waals surface area contributed by atoms with Crippen LogP contribution in [-0.2, 0) is 13.1 Å². The van der Waals surface area contributed by atoms with Crippen LogP contribution in [0.4, 0.5) is 15.8 Å². The van der Waals surface area contributed by atoms with Crippen LogP contribution in [0.2, 0.25) is 0 Å². The molecule has 0 amide bonds. The van der Waals surface area contributed by atoms with Gasteiger partial charge in [0.2, 0.25) is 0 Å². The number of aliphatic imine (C=N–C) groups is 2. The molecule has 0 bridgehead atoms. The summed E-state index contributed by atoms with van der Waals surface area (Å²) in [6.07, 6.45) is 6.92. The summed E-state index contributed by atoms with van der Waals surface area (Å²) >= 11 is 0. The molecule has 3 aromatic rings. The second-order valence-corrected chi connectivity index (χ2v) is 10.3. The van der Waals surface area contributed by atoms with E-state index < -0.39 is 0 Å². The summed E-state index contributed by atoms with van der Waals surface area (Å²) in [5, 5.41) is 0. The van der Waals surface area contributed by atoms with Crippen molar-refractivity contribution >= 4 is 22.8 Å². The van der Waals surface area contributed by atoms with Crippen molar-refractivity contribution < 1.29 is 4.39 Å². The van der Waals surface area contributed by atoms with Gasteiger partial charge in [-0.2, -0.15) is 0 Å². The lowest BCUT2D eigenvalue weighted by atomic mass is 10.0. The topological polar surface area (TPSA) is 31.2 Å². The zero-order chi connectivity index (χ0) is 25.6. The molecule has 0 saturated heterocycles. The molecule has 5 heteroatoms. The summed E-state index contributed by atoms with van der Waals surface area (Å²) in [6.45, 7) is 2.90. The van der Waals surface area contributed by atoms with Crippen LogP contribution in [0, 0.1) is 5.82 Å². The van der Waals surface area contributed by atoms with Gasteiger partial charge in [0.15, 0.2) is 0 Å². The predicted octanol–water partition coefficient (Wildman–Crippen LogP) is 7.04. The molecule has 37 heavy (non-hydrogen) atoms. The lowest BCUT2D eigenvalue weighted by Gasteiger charge is -2.23. The van der Waals surface area contributed by atoms with Gasteiger partial charge in [-0.15, -0.1) is 0 Å². The van der Waals surface area contributed by atoms with E-state index in [-0.39, 0.29) is 5.82 Å². The summed E-state index contributed by atoms with van der Waals surface area (Å²) in [5.74, 6) is -0.123. The summed E-state index contributed by atoms with van der Waals surface area (Å²) in [5.41, 5.74) is 8.39. The smallest absolute Gasteiger partial charge is 0.133 e. The first kappa shape index (κ1) is 25.2. The summed E-state index contributed by atoms with van der Waals surface area (Å²) in [7, 11) is 4.03. The Bertz CT molecular complexity index is 1170. The van der Waals surface area contributed by atoms with Gasteiger partial charge < -0.3 is 9.80 Å². The molecule has 0 unspecified atom stereocenters. The van der Waals surface area contributed by atoms with Crippen LogP contribution in [0.5, 0.6) is 0 Å². The molecule has 0 atom stereocenters. The Hall–Kier alpha value is -3.47. The van der Waals surface area contributed by atoms with Crippen LogP contribution in [0.25, 0.3) is 0 Å². The van der Waals surface area contributed by atoms with Crippen LogP contribution >= 0.6 is 0 Å². The van der Waals surface area contributed by atoms with Gasteiger partial charge in [0.05, 0.1) is 0 Å². The molecule has 4 nitrogen and oxygen atoms in total. The third-order valence-corrected chi connectivity index (χ3v) is 7.51. The molecular formula is C32H37FN4. The molecule has 0 saturated carbocycles. The molecule has 3 aromatic carbocycles. The third-order valence-electron chi connectivity index (χ3n) is 7.51. The maximum Gasteiger partial charge on any atom is 0.133 e. The molecule has 2 heterocycles. The normalized spacial score (nSPS) is 15.6. The number of nitrogens with zero attached hydrogens (tertiary/aromatic N) is 4. The van der Waals surface area contributed by atoms with E-state index in [4.69, 9.17) is 0 Å². The van der Waals surface area contributed by atoms with Gasteiger partial charge in [-0.05, 0) is 73.9 Å². The van der Waals surface area contributed by atoms with E-state index in [0.29, 0.717) is 24.2 Å². The molecular weight excluding hydrogens is 459 g/mol. The largest absolute Gasteiger partial charge is 0.370 e. The van der Waals surface area contributed by atoms with Crippen molar-refractivity contribution in [3.63, 3.8) is 0 Å². The monoisotopic (exact) mass is 496 g/mol. The Kier molecular flexibility index (Phi) is 7.98. The predicted molar refractivity (Wildman–Crippen MR) is 154 cm³/mol. The minimum Gasteiger partial charge on any atom is -0.370 e. The Morgan fingerprint density at radius 3 is 1.43 bits per heavy atom. The van der Waals surface area contributed by atoms with Gasteiger partial charge >= 0.3 is 0 Å². The quantitative estimate of drug-likeness (QED) is 0.335. The number of halogens is 1. The standard InChI is InChI=1S/C32H37FN4/c1-36(28-16-12-24(13-17-28)30-10-3-5-20-34-30)22-26-8-7-9-27(32(26)33)23-37(2)29-18-14-25(15-19-29)31-11-4-6-21-35-31/h7-9,12-19H,3-6,10-11,20-23H2,1-2H3. The fourth-order valence-corrected chi connectivity index (χ4v) is 5.25. The van der Waals surface area contributed by atoms with Crippen molar-refractivity contribution in [2.75, 3.05) is 37.0 Å². The Labute approximate surface area is 220 Å². The van der Waals surface area contributed by atoms with Gasteiger partial charge in [0, 0.05) is 74.2 Å². The second-order valence-electron chi connectivity index (χ2n) is 10.3. The molecule has 192 valence electrons. The molecule has 5 rings (SSSR count). The van der Waals surface area contributed by atoms with Crippen LogP contribution in [0.3, 0.4) is 0 Å². The lowest BCUT2D eigenvalue weighted by molar-refractivity contribution is 0.589. The van der Waals surface area contributed by atoms with E-state index in [1.807, 2.05) is 32.3 Å². The maximum atomic E-state index is 15.6. The summed E-state index contributed by atoms with van der Waals surface area (Å²) < 4.78 is 15.6. The number of hydrogen-bond acceptors (Lipinski definition) is 4. The number of hydrogen-bond donors (Lipinski definition) is 0. The van der Waals surface area contributed by atoms with Crippen LogP contribution in [-0.4, -0.2) is 38.6 Å². The highest BCUT2D eigenvalue weighted by Gasteiger charge is 2.14. The van der Waals surface area contributed by atoms with E-state index in [2.05, 4.69) is 68.3 Å². The number of benzene rings is 3. The zero-order valence-electron chi connectivity index (χ0n) is 22.1. The average molecular weight is 497 g/mol. The van der Waals surface area contributed by atoms with Crippen LogP contribution in [0.1, 0.15) is 60.8 Å². The molecule has 2 aliphatic rings. The third kappa shape index (κ3) is 6.10. The van der Waals surface area contributed by atoms with Crippen LogP contribution < -0.4 is 9.80 Å². The minimum absolute atomic E-state index is 0.123. The molecule has 0 aromatic heterocycles. The van der Waals surface area contributed by atoms with Gasteiger partial charge in [0.25, 0.3) is 0 Å². The first-order chi connectivity index (χ1) is 18.1. The van der Waals surface area contributed by atoms with E-state index >= 15 is 4.39 Å². The van der Waals surface area contributed by atoms with Crippen molar-refractivity contribution in [1.82, 2.24) is 0 Å². The first-order valence-corrected chi connectivity index (χ1v) is 13.5. The van der Waals surface area contributed by atoms with E-state index in [1.54, 1.807) is 0 Å². The fourth-order valence-electron chi connectivity index (χ4n) is 5.25. The van der Waals surface area contributed by atoms with Crippen molar-refractivity contribution in [3.8, 4) is 0 Å². The number of rotatable bonds is 8. The second kappa shape index (κ2) is 11.7. The van der Waals surface area contributed by atoms with Gasteiger partial charge in [-0.25, -0.2) is 4.39 Å². The van der Waals surface area contributed by atoms with Crippen LogP contribution in [0.15, 0.2) is 76.7 Å². The fraction of sp³-hybridized carbons (Fsp3) is 0.375. The van der Waals surface area contributed by atoms with E-state index in [9.17, 15) is 0 Å². The highest BCUT2D eigenvalue weighted by Crippen LogP contribution is 2.24. The molecule has 0 N–H and O–H groups in total. The highest BCUT2D eigenvalue weighted by molar-refractivity contribution is 6.01.